The molecular weight excluding hydrogens is 184 g/mol. The SMILES string of the molecule is Cc1ccccc1.Nc1cccc(N)c1. The monoisotopic (exact) mass is 200 g/mol. The van der Waals surface area contributed by atoms with Gasteiger partial charge in [0.1, 0.15) is 0 Å². The first-order valence-electron chi connectivity index (χ1n) is 4.81. The normalized spacial score (nSPS) is 8.87. The van der Waals surface area contributed by atoms with Crippen LogP contribution in [0.25, 0.3) is 0 Å². The van der Waals surface area contributed by atoms with Crippen LogP contribution in [0, 0.1) is 6.92 Å². The van der Waals surface area contributed by atoms with E-state index in [1.54, 1.807) is 18.2 Å². The summed E-state index contributed by atoms with van der Waals surface area (Å²) in [6, 6.07) is 17.4. The molecule has 0 saturated carbocycles. The summed E-state index contributed by atoms with van der Waals surface area (Å²) < 4.78 is 0. The lowest BCUT2D eigenvalue weighted by atomic mass is 10.2. The summed E-state index contributed by atoms with van der Waals surface area (Å²) in [6.45, 7) is 2.08. The summed E-state index contributed by atoms with van der Waals surface area (Å²) in [7, 11) is 0. The molecule has 0 radical (unpaired) electrons. The lowest BCUT2D eigenvalue weighted by molar-refractivity contribution is 1.48. The van der Waals surface area contributed by atoms with Gasteiger partial charge in [0.25, 0.3) is 0 Å². The van der Waals surface area contributed by atoms with E-state index in [-0.39, 0.29) is 0 Å². The molecule has 15 heavy (non-hydrogen) atoms. The molecule has 78 valence electrons. The molecule has 2 rings (SSSR count). The molecular formula is C13H16N2. The Bertz CT molecular complexity index is 379. The highest BCUT2D eigenvalue weighted by molar-refractivity contribution is 5.50. The highest BCUT2D eigenvalue weighted by Crippen LogP contribution is 2.06. The van der Waals surface area contributed by atoms with E-state index in [4.69, 9.17) is 11.5 Å². The third-order valence-electron chi connectivity index (χ3n) is 1.85. The minimum absolute atomic E-state index is 0.713. The lowest BCUT2D eigenvalue weighted by Gasteiger charge is -1.91. The summed E-state index contributed by atoms with van der Waals surface area (Å²) in [5.41, 5.74) is 13.5. The predicted octanol–water partition coefficient (Wildman–Crippen LogP) is 2.85. The molecule has 0 heterocycles. The molecule has 2 nitrogen and oxygen atoms in total. The first-order chi connectivity index (χ1) is 7.18. The molecule has 0 unspecified atom stereocenters. The van der Waals surface area contributed by atoms with E-state index in [2.05, 4.69) is 19.1 Å². The van der Waals surface area contributed by atoms with Gasteiger partial charge in [0.05, 0.1) is 0 Å². The highest BCUT2D eigenvalue weighted by Gasteiger charge is 1.81. The fourth-order valence-corrected chi connectivity index (χ4v) is 1.09. The van der Waals surface area contributed by atoms with E-state index in [0.717, 1.165) is 0 Å². The van der Waals surface area contributed by atoms with Gasteiger partial charge in [-0.3, -0.25) is 0 Å². The van der Waals surface area contributed by atoms with Crippen LogP contribution in [-0.4, -0.2) is 0 Å². The molecule has 0 bridgehead atoms. The Balaban J connectivity index is 0.000000151. The van der Waals surface area contributed by atoms with Crippen LogP contribution in [-0.2, 0) is 0 Å². The topological polar surface area (TPSA) is 52.0 Å². The number of nitrogen functional groups attached to an aromatic ring is 2. The highest BCUT2D eigenvalue weighted by atomic mass is 14.6. The van der Waals surface area contributed by atoms with Crippen molar-refractivity contribution in [1.29, 1.82) is 0 Å². The number of rotatable bonds is 0. The van der Waals surface area contributed by atoms with Crippen molar-refractivity contribution in [2.24, 2.45) is 0 Å². The van der Waals surface area contributed by atoms with Crippen molar-refractivity contribution in [3.05, 3.63) is 60.2 Å². The zero-order chi connectivity index (χ0) is 11.1. The Labute approximate surface area is 90.5 Å². The van der Waals surface area contributed by atoms with Crippen LogP contribution in [0.4, 0.5) is 11.4 Å². The van der Waals surface area contributed by atoms with E-state index >= 15 is 0 Å². The maximum Gasteiger partial charge on any atom is 0.0334 e. The van der Waals surface area contributed by atoms with E-state index in [0.29, 0.717) is 11.4 Å². The summed E-state index contributed by atoms with van der Waals surface area (Å²) in [6.07, 6.45) is 0. The Morgan fingerprint density at radius 2 is 1.27 bits per heavy atom. The third kappa shape index (κ3) is 4.72. The van der Waals surface area contributed by atoms with Gasteiger partial charge in [-0.2, -0.15) is 0 Å². The Hall–Kier alpha value is -1.96. The van der Waals surface area contributed by atoms with Crippen molar-refractivity contribution in [3.8, 4) is 0 Å². The number of nitrogens with two attached hydrogens (primary N) is 2. The fraction of sp³-hybridized carbons (Fsp3) is 0.0769. The largest absolute Gasteiger partial charge is 0.399 e. The van der Waals surface area contributed by atoms with Crippen LogP contribution >= 0.6 is 0 Å². The summed E-state index contributed by atoms with van der Waals surface area (Å²) in [4.78, 5) is 0. The predicted molar refractivity (Wildman–Crippen MR) is 66.4 cm³/mol. The van der Waals surface area contributed by atoms with Gasteiger partial charge in [-0.05, 0) is 25.1 Å². The number of aryl methyl sites for hydroxylation is 1. The van der Waals surface area contributed by atoms with Gasteiger partial charge < -0.3 is 11.5 Å². The molecule has 2 heteroatoms. The van der Waals surface area contributed by atoms with Crippen molar-refractivity contribution in [2.75, 3.05) is 11.5 Å². The first-order valence-corrected chi connectivity index (χ1v) is 4.81. The molecule has 0 fully saturated rings. The standard InChI is InChI=1S/C7H8.C6H8N2/c1-7-5-3-2-4-6-7;7-5-2-1-3-6(8)4-5/h2-6H,1H3;1-4H,7-8H2. The number of hydrogen-bond donors (Lipinski definition) is 2. The summed E-state index contributed by atoms with van der Waals surface area (Å²) in [5, 5.41) is 0. The Kier molecular flexibility index (Phi) is 4.23. The first kappa shape index (κ1) is 11.1. The van der Waals surface area contributed by atoms with Crippen LogP contribution in [0.15, 0.2) is 54.6 Å². The van der Waals surface area contributed by atoms with E-state index in [1.165, 1.54) is 5.56 Å². The Morgan fingerprint density at radius 1 is 0.733 bits per heavy atom. The zero-order valence-corrected chi connectivity index (χ0v) is 8.85. The second-order valence-corrected chi connectivity index (χ2v) is 3.32. The molecule has 0 saturated heterocycles. The average molecular weight is 200 g/mol. The maximum atomic E-state index is 5.38. The molecule has 4 N–H and O–H groups in total. The van der Waals surface area contributed by atoms with Gasteiger partial charge in [0.15, 0.2) is 0 Å². The van der Waals surface area contributed by atoms with Gasteiger partial charge in [0.2, 0.25) is 0 Å². The Morgan fingerprint density at radius 3 is 1.53 bits per heavy atom. The van der Waals surface area contributed by atoms with Gasteiger partial charge in [-0.15, -0.1) is 0 Å². The van der Waals surface area contributed by atoms with Crippen molar-refractivity contribution in [2.45, 2.75) is 6.92 Å². The van der Waals surface area contributed by atoms with Crippen LogP contribution in [0.3, 0.4) is 0 Å². The number of hydrogen-bond acceptors (Lipinski definition) is 2. The second kappa shape index (κ2) is 5.70. The van der Waals surface area contributed by atoms with Crippen molar-refractivity contribution in [1.82, 2.24) is 0 Å². The lowest BCUT2D eigenvalue weighted by Crippen LogP contribution is -1.87. The van der Waals surface area contributed by atoms with E-state index in [9.17, 15) is 0 Å². The molecule has 2 aromatic rings. The quantitative estimate of drug-likeness (QED) is 0.642. The van der Waals surface area contributed by atoms with Crippen LogP contribution in [0.2, 0.25) is 0 Å². The molecule has 2 aromatic carbocycles. The van der Waals surface area contributed by atoms with E-state index in [1.807, 2.05) is 24.3 Å². The van der Waals surface area contributed by atoms with Gasteiger partial charge in [-0.1, -0.05) is 42.0 Å². The molecule has 0 aliphatic carbocycles. The van der Waals surface area contributed by atoms with Crippen molar-refractivity contribution >= 4 is 11.4 Å². The van der Waals surface area contributed by atoms with Gasteiger partial charge in [0, 0.05) is 11.4 Å². The summed E-state index contributed by atoms with van der Waals surface area (Å²) >= 11 is 0. The molecule has 0 aromatic heterocycles. The number of benzene rings is 2. The molecule has 0 aliphatic rings. The summed E-state index contributed by atoms with van der Waals surface area (Å²) in [5.74, 6) is 0. The van der Waals surface area contributed by atoms with Crippen LogP contribution in [0.1, 0.15) is 5.56 Å². The minimum Gasteiger partial charge on any atom is -0.399 e. The van der Waals surface area contributed by atoms with E-state index < -0.39 is 0 Å². The molecule has 0 aliphatic heterocycles. The zero-order valence-electron chi connectivity index (χ0n) is 8.85. The second-order valence-electron chi connectivity index (χ2n) is 3.32. The van der Waals surface area contributed by atoms with Gasteiger partial charge >= 0.3 is 0 Å². The molecule has 0 spiro atoms. The minimum atomic E-state index is 0.713. The van der Waals surface area contributed by atoms with Crippen molar-refractivity contribution < 1.29 is 0 Å². The molecule has 0 amide bonds. The maximum absolute atomic E-state index is 5.38. The fourth-order valence-electron chi connectivity index (χ4n) is 1.09. The van der Waals surface area contributed by atoms with Crippen LogP contribution in [0.5, 0.6) is 0 Å². The number of anilines is 2. The smallest absolute Gasteiger partial charge is 0.0334 e. The third-order valence-corrected chi connectivity index (χ3v) is 1.85. The molecule has 0 atom stereocenters. The van der Waals surface area contributed by atoms with Crippen molar-refractivity contribution in [3.63, 3.8) is 0 Å². The average Bonchev–Trinajstić information content (AvgIpc) is 2.19. The van der Waals surface area contributed by atoms with Gasteiger partial charge in [-0.25, -0.2) is 0 Å². The van der Waals surface area contributed by atoms with Crippen LogP contribution < -0.4 is 11.5 Å².